The van der Waals surface area contributed by atoms with Crippen molar-refractivity contribution in [1.29, 1.82) is 0 Å². The molecule has 120 valence electrons. The lowest BCUT2D eigenvalue weighted by Gasteiger charge is -2.21. The van der Waals surface area contributed by atoms with Gasteiger partial charge in [0.25, 0.3) is 0 Å². The average Bonchev–Trinajstić information content (AvgIpc) is 2.39. The summed E-state index contributed by atoms with van der Waals surface area (Å²) in [4.78, 5) is 0. The third-order valence-corrected chi connectivity index (χ3v) is 3.89. The van der Waals surface area contributed by atoms with Crippen molar-refractivity contribution in [2.75, 3.05) is 25.2 Å². The molecule has 5 heteroatoms. The molecule has 0 bridgehead atoms. The largest absolute Gasteiger partial charge is 0.490 e. The molecule has 3 nitrogen and oxygen atoms in total. The molecule has 1 aromatic carbocycles. The molecule has 1 rings (SSSR count). The van der Waals surface area contributed by atoms with Crippen LogP contribution in [0.15, 0.2) is 16.6 Å². The van der Waals surface area contributed by atoms with Gasteiger partial charge in [-0.05, 0) is 67.6 Å². The van der Waals surface area contributed by atoms with Gasteiger partial charge in [0.05, 0.1) is 17.7 Å². The summed E-state index contributed by atoms with van der Waals surface area (Å²) in [6, 6.07) is 4.15. The van der Waals surface area contributed by atoms with Crippen molar-refractivity contribution in [3.05, 3.63) is 22.2 Å². The van der Waals surface area contributed by atoms with E-state index in [2.05, 4.69) is 60.4 Å². The fraction of sp³-hybridized carbons (Fsp3) is 0.625. The molecule has 0 amide bonds. The van der Waals surface area contributed by atoms with E-state index in [0.717, 1.165) is 28.3 Å². The van der Waals surface area contributed by atoms with E-state index in [1.807, 2.05) is 6.92 Å². The van der Waals surface area contributed by atoms with Gasteiger partial charge in [0.2, 0.25) is 0 Å². The van der Waals surface area contributed by atoms with E-state index in [1.54, 1.807) is 11.8 Å². The van der Waals surface area contributed by atoms with Gasteiger partial charge in [-0.3, -0.25) is 0 Å². The average molecular weight is 376 g/mol. The topological polar surface area (TPSA) is 30.5 Å². The molecule has 0 heterocycles. The van der Waals surface area contributed by atoms with Crippen molar-refractivity contribution in [2.45, 2.75) is 39.8 Å². The maximum atomic E-state index is 5.85. The second kappa shape index (κ2) is 8.91. The summed E-state index contributed by atoms with van der Waals surface area (Å²) in [5.74, 6) is 2.56. The SMILES string of the molecule is CCOc1cc(CNC(C)(C)C)cc(Br)c1OCCSC. The van der Waals surface area contributed by atoms with Crippen LogP contribution in [0.3, 0.4) is 0 Å². The highest BCUT2D eigenvalue weighted by Crippen LogP contribution is 2.37. The zero-order valence-electron chi connectivity index (χ0n) is 13.6. The van der Waals surface area contributed by atoms with Crippen LogP contribution >= 0.6 is 27.7 Å². The van der Waals surface area contributed by atoms with Crippen LogP contribution in [-0.4, -0.2) is 30.8 Å². The zero-order valence-corrected chi connectivity index (χ0v) is 16.0. The Morgan fingerprint density at radius 2 is 1.95 bits per heavy atom. The van der Waals surface area contributed by atoms with Crippen LogP contribution in [0.2, 0.25) is 0 Å². The van der Waals surface area contributed by atoms with Crippen molar-refractivity contribution >= 4 is 27.7 Å². The summed E-state index contributed by atoms with van der Waals surface area (Å²) in [6.45, 7) is 10.6. The number of nitrogens with one attached hydrogen (secondary N) is 1. The third-order valence-electron chi connectivity index (χ3n) is 2.73. The van der Waals surface area contributed by atoms with Crippen molar-refractivity contribution in [3.8, 4) is 11.5 Å². The summed E-state index contributed by atoms with van der Waals surface area (Å²) < 4.78 is 12.5. The summed E-state index contributed by atoms with van der Waals surface area (Å²) in [5.41, 5.74) is 1.27. The first-order chi connectivity index (χ1) is 9.87. The van der Waals surface area contributed by atoms with E-state index < -0.39 is 0 Å². The van der Waals surface area contributed by atoms with Crippen LogP contribution in [0.1, 0.15) is 33.3 Å². The molecule has 0 aromatic heterocycles. The van der Waals surface area contributed by atoms with Crippen molar-refractivity contribution in [3.63, 3.8) is 0 Å². The number of hydrogen-bond donors (Lipinski definition) is 1. The van der Waals surface area contributed by atoms with E-state index in [0.29, 0.717) is 13.2 Å². The van der Waals surface area contributed by atoms with Crippen LogP contribution in [-0.2, 0) is 6.54 Å². The molecular formula is C16H26BrNO2S. The summed E-state index contributed by atoms with van der Waals surface area (Å²) >= 11 is 5.37. The Balaban J connectivity index is 2.89. The lowest BCUT2D eigenvalue weighted by molar-refractivity contribution is 0.287. The molecule has 0 radical (unpaired) electrons. The Bertz CT molecular complexity index is 447. The van der Waals surface area contributed by atoms with E-state index in [-0.39, 0.29) is 5.54 Å². The highest BCUT2D eigenvalue weighted by atomic mass is 79.9. The van der Waals surface area contributed by atoms with E-state index in [9.17, 15) is 0 Å². The molecule has 0 spiro atoms. The summed E-state index contributed by atoms with van der Waals surface area (Å²) in [7, 11) is 0. The van der Waals surface area contributed by atoms with Gasteiger partial charge in [-0.2, -0.15) is 11.8 Å². The maximum absolute atomic E-state index is 5.85. The predicted molar refractivity (Wildman–Crippen MR) is 95.8 cm³/mol. The van der Waals surface area contributed by atoms with Gasteiger partial charge < -0.3 is 14.8 Å². The first kappa shape index (κ1) is 18.7. The van der Waals surface area contributed by atoms with E-state index in [1.165, 1.54) is 5.56 Å². The number of rotatable bonds is 8. The minimum absolute atomic E-state index is 0.0891. The highest BCUT2D eigenvalue weighted by Gasteiger charge is 2.14. The van der Waals surface area contributed by atoms with Crippen LogP contribution in [0, 0.1) is 0 Å². The monoisotopic (exact) mass is 375 g/mol. The fourth-order valence-electron chi connectivity index (χ4n) is 1.72. The number of thioether (sulfide) groups is 1. The Hall–Kier alpha value is -0.390. The van der Waals surface area contributed by atoms with Gasteiger partial charge in [-0.25, -0.2) is 0 Å². The molecule has 0 fully saturated rings. The fourth-order valence-corrected chi connectivity index (χ4v) is 2.57. The molecular weight excluding hydrogens is 350 g/mol. The minimum atomic E-state index is 0.0891. The summed E-state index contributed by atoms with van der Waals surface area (Å²) in [6.07, 6.45) is 2.07. The van der Waals surface area contributed by atoms with Crippen LogP contribution in [0.4, 0.5) is 0 Å². The molecule has 0 aliphatic carbocycles. The standard InChI is InChI=1S/C16H26BrNO2S/c1-6-19-14-10-12(11-18-16(2,3)4)9-13(17)15(14)20-7-8-21-5/h9-10,18H,6-8,11H2,1-5H3. The number of ether oxygens (including phenoxy) is 2. The minimum Gasteiger partial charge on any atom is -0.490 e. The predicted octanol–water partition coefficient (Wildman–Crippen LogP) is 4.48. The van der Waals surface area contributed by atoms with Gasteiger partial charge in [-0.15, -0.1) is 0 Å². The Morgan fingerprint density at radius 3 is 2.52 bits per heavy atom. The third kappa shape index (κ3) is 6.94. The van der Waals surface area contributed by atoms with Gasteiger partial charge in [0.1, 0.15) is 0 Å². The van der Waals surface area contributed by atoms with Crippen molar-refractivity contribution in [1.82, 2.24) is 5.32 Å². The Morgan fingerprint density at radius 1 is 1.24 bits per heavy atom. The van der Waals surface area contributed by atoms with Crippen LogP contribution < -0.4 is 14.8 Å². The highest BCUT2D eigenvalue weighted by molar-refractivity contribution is 9.10. The van der Waals surface area contributed by atoms with Gasteiger partial charge in [-0.1, -0.05) is 0 Å². The van der Waals surface area contributed by atoms with Crippen molar-refractivity contribution in [2.24, 2.45) is 0 Å². The first-order valence-electron chi connectivity index (χ1n) is 7.19. The molecule has 0 saturated carbocycles. The van der Waals surface area contributed by atoms with E-state index in [4.69, 9.17) is 9.47 Å². The lowest BCUT2D eigenvalue weighted by atomic mass is 10.1. The molecule has 0 unspecified atom stereocenters. The van der Waals surface area contributed by atoms with Gasteiger partial charge in [0.15, 0.2) is 11.5 Å². The Labute approximate surface area is 141 Å². The van der Waals surface area contributed by atoms with Gasteiger partial charge >= 0.3 is 0 Å². The molecule has 0 saturated heterocycles. The van der Waals surface area contributed by atoms with Crippen LogP contribution in [0.25, 0.3) is 0 Å². The molecule has 21 heavy (non-hydrogen) atoms. The molecule has 0 atom stereocenters. The van der Waals surface area contributed by atoms with E-state index >= 15 is 0 Å². The number of hydrogen-bond acceptors (Lipinski definition) is 4. The quantitative estimate of drug-likeness (QED) is 0.678. The van der Waals surface area contributed by atoms with Crippen molar-refractivity contribution < 1.29 is 9.47 Å². The number of benzene rings is 1. The molecule has 0 aliphatic rings. The normalized spacial score (nSPS) is 11.5. The van der Waals surface area contributed by atoms with Crippen LogP contribution in [0.5, 0.6) is 11.5 Å². The lowest BCUT2D eigenvalue weighted by Crippen LogP contribution is -2.35. The smallest absolute Gasteiger partial charge is 0.175 e. The second-order valence-electron chi connectivity index (χ2n) is 5.78. The molecule has 1 N–H and O–H groups in total. The first-order valence-corrected chi connectivity index (χ1v) is 9.38. The van der Waals surface area contributed by atoms with Gasteiger partial charge in [0, 0.05) is 17.8 Å². The second-order valence-corrected chi connectivity index (χ2v) is 7.62. The zero-order chi connectivity index (χ0) is 15.9. The molecule has 1 aromatic rings. The maximum Gasteiger partial charge on any atom is 0.175 e. The molecule has 0 aliphatic heterocycles. The summed E-state index contributed by atoms with van der Waals surface area (Å²) in [5, 5.41) is 3.49. The Kier molecular flexibility index (Phi) is 7.92. The number of halogens is 1.